The Hall–Kier alpha value is -2.29. The summed E-state index contributed by atoms with van der Waals surface area (Å²) in [6.07, 6.45) is -1.81. The highest BCUT2D eigenvalue weighted by atomic mass is 19.4. The summed E-state index contributed by atoms with van der Waals surface area (Å²) in [6.45, 7) is 3.27. The highest BCUT2D eigenvalue weighted by molar-refractivity contribution is 5.36. The normalized spacial score (nSPS) is 17.7. The molecule has 1 aliphatic rings. The SMILES string of the molecule is Cc1cc(C(F)(F)F)nc(CCNc2cc([C@@H]3CCOC3)ncn2)n1. The van der Waals surface area contributed by atoms with Gasteiger partial charge < -0.3 is 10.1 Å². The molecule has 0 radical (unpaired) electrons. The van der Waals surface area contributed by atoms with Crippen molar-refractivity contribution in [2.75, 3.05) is 25.1 Å². The molecule has 0 bridgehead atoms. The number of alkyl halides is 3. The van der Waals surface area contributed by atoms with E-state index in [2.05, 4.69) is 25.3 Å². The lowest BCUT2D eigenvalue weighted by atomic mass is 10.1. The van der Waals surface area contributed by atoms with Gasteiger partial charge in [0, 0.05) is 37.3 Å². The molecule has 25 heavy (non-hydrogen) atoms. The maximum absolute atomic E-state index is 12.8. The molecule has 6 nitrogen and oxygen atoms in total. The van der Waals surface area contributed by atoms with Gasteiger partial charge in [-0.25, -0.2) is 19.9 Å². The van der Waals surface area contributed by atoms with Crippen molar-refractivity contribution in [3.63, 3.8) is 0 Å². The van der Waals surface area contributed by atoms with Crippen LogP contribution >= 0.6 is 0 Å². The number of nitrogens with one attached hydrogen (secondary N) is 1. The summed E-state index contributed by atoms with van der Waals surface area (Å²) in [5.74, 6) is 1.04. The van der Waals surface area contributed by atoms with Gasteiger partial charge in [0.2, 0.25) is 0 Å². The van der Waals surface area contributed by atoms with Crippen molar-refractivity contribution in [1.29, 1.82) is 0 Å². The summed E-state index contributed by atoms with van der Waals surface area (Å²) in [5, 5.41) is 3.08. The van der Waals surface area contributed by atoms with E-state index in [9.17, 15) is 13.2 Å². The first-order valence-corrected chi connectivity index (χ1v) is 7.97. The van der Waals surface area contributed by atoms with Crippen molar-refractivity contribution >= 4 is 5.82 Å². The molecule has 1 aliphatic heterocycles. The van der Waals surface area contributed by atoms with Crippen molar-refractivity contribution < 1.29 is 17.9 Å². The number of aryl methyl sites for hydroxylation is 1. The van der Waals surface area contributed by atoms with E-state index in [1.54, 1.807) is 0 Å². The van der Waals surface area contributed by atoms with Crippen LogP contribution in [0.4, 0.5) is 19.0 Å². The molecule has 0 amide bonds. The molecule has 3 heterocycles. The Morgan fingerprint density at radius 2 is 2.08 bits per heavy atom. The van der Waals surface area contributed by atoms with E-state index in [4.69, 9.17) is 4.74 Å². The molecule has 1 atom stereocenters. The molecule has 0 aromatic carbocycles. The molecule has 0 unspecified atom stereocenters. The van der Waals surface area contributed by atoms with E-state index in [-0.39, 0.29) is 18.2 Å². The van der Waals surface area contributed by atoms with Crippen LogP contribution in [0.1, 0.15) is 35.2 Å². The van der Waals surface area contributed by atoms with Gasteiger partial charge in [0.15, 0.2) is 0 Å². The number of hydrogen-bond donors (Lipinski definition) is 1. The third kappa shape index (κ3) is 4.62. The van der Waals surface area contributed by atoms with Gasteiger partial charge >= 0.3 is 6.18 Å². The third-order valence-corrected chi connectivity index (χ3v) is 3.88. The number of nitrogens with zero attached hydrogens (tertiary/aromatic N) is 4. The summed E-state index contributed by atoms with van der Waals surface area (Å²) >= 11 is 0. The Kier molecular flexibility index (Phi) is 5.12. The van der Waals surface area contributed by atoms with Crippen LogP contribution in [0.2, 0.25) is 0 Å². The summed E-state index contributed by atoms with van der Waals surface area (Å²) in [4.78, 5) is 16.0. The molecule has 1 fully saturated rings. The van der Waals surface area contributed by atoms with E-state index in [1.807, 2.05) is 6.07 Å². The number of aromatic nitrogens is 4. The van der Waals surface area contributed by atoms with Crippen molar-refractivity contribution in [2.45, 2.75) is 31.9 Å². The first-order chi connectivity index (χ1) is 11.9. The third-order valence-electron chi connectivity index (χ3n) is 3.88. The maximum Gasteiger partial charge on any atom is 0.433 e. The zero-order valence-corrected chi connectivity index (χ0v) is 13.7. The van der Waals surface area contributed by atoms with Crippen LogP contribution in [-0.4, -0.2) is 39.7 Å². The lowest BCUT2D eigenvalue weighted by Gasteiger charge is -2.11. The summed E-state index contributed by atoms with van der Waals surface area (Å²) in [7, 11) is 0. The van der Waals surface area contributed by atoms with E-state index in [0.717, 1.165) is 24.8 Å². The molecule has 2 aromatic rings. The van der Waals surface area contributed by atoms with Crippen molar-refractivity contribution in [3.8, 4) is 0 Å². The first-order valence-electron chi connectivity index (χ1n) is 7.97. The largest absolute Gasteiger partial charge is 0.433 e. The van der Waals surface area contributed by atoms with E-state index in [0.29, 0.717) is 24.7 Å². The number of ether oxygens (including phenoxy) is 1. The summed E-state index contributed by atoms with van der Waals surface area (Å²) < 4.78 is 43.7. The molecule has 9 heteroatoms. The first kappa shape index (κ1) is 17.5. The Morgan fingerprint density at radius 1 is 1.24 bits per heavy atom. The number of halogens is 3. The topological polar surface area (TPSA) is 72.8 Å². The average Bonchev–Trinajstić information content (AvgIpc) is 3.08. The van der Waals surface area contributed by atoms with Gasteiger partial charge in [-0.2, -0.15) is 13.2 Å². The minimum atomic E-state index is -4.47. The summed E-state index contributed by atoms with van der Waals surface area (Å²) in [5.41, 5.74) is 0.282. The predicted molar refractivity (Wildman–Crippen MR) is 84.2 cm³/mol. The van der Waals surface area contributed by atoms with Gasteiger partial charge in [-0.3, -0.25) is 0 Å². The van der Waals surface area contributed by atoms with Crippen LogP contribution in [0.3, 0.4) is 0 Å². The van der Waals surface area contributed by atoms with Gasteiger partial charge in [0.1, 0.15) is 23.7 Å². The molecule has 0 aliphatic carbocycles. The second kappa shape index (κ2) is 7.30. The minimum absolute atomic E-state index is 0.151. The van der Waals surface area contributed by atoms with E-state index in [1.165, 1.54) is 13.3 Å². The van der Waals surface area contributed by atoms with Crippen molar-refractivity contribution in [2.24, 2.45) is 0 Å². The van der Waals surface area contributed by atoms with E-state index >= 15 is 0 Å². The lowest BCUT2D eigenvalue weighted by Crippen LogP contribution is -2.15. The zero-order chi connectivity index (χ0) is 17.9. The molecule has 134 valence electrons. The van der Waals surface area contributed by atoms with Crippen molar-refractivity contribution in [1.82, 2.24) is 19.9 Å². The Bertz CT molecular complexity index is 732. The number of hydrogen-bond acceptors (Lipinski definition) is 6. The van der Waals surface area contributed by atoms with Gasteiger partial charge in [0.05, 0.1) is 12.3 Å². The molecular weight excluding hydrogens is 335 g/mol. The van der Waals surface area contributed by atoms with Gasteiger partial charge in [0.25, 0.3) is 0 Å². The molecule has 1 N–H and O–H groups in total. The molecule has 2 aromatic heterocycles. The second-order valence-electron chi connectivity index (χ2n) is 5.87. The zero-order valence-electron chi connectivity index (χ0n) is 13.7. The van der Waals surface area contributed by atoms with Gasteiger partial charge in [-0.1, -0.05) is 0 Å². The van der Waals surface area contributed by atoms with Crippen LogP contribution < -0.4 is 5.32 Å². The number of anilines is 1. The monoisotopic (exact) mass is 353 g/mol. The Labute approximate surface area is 142 Å². The fraction of sp³-hybridized carbons (Fsp3) is 0.500. The molecular formula is C16H18F3N5O. The fourth-order valence-electron chi connectivity index (χ4n) is 2.65. The molecule has 1 saturated heterocycles. The molecule has 0 saturated carbocycles. The standard InChI is InChI=1S/C16H18F3N5O/c1-10-6-13(16(17,18)19)24-14(23-10)2-4-20-15-7-12(21-9-22-15)11-3-5-25-8-11/h6-7,9,11H,2-5,8H2,1H3,(H,20,21,22)/t11-/m1/s1. The average molecular weight is 353 g/mol. The van der Waals surface area contributed by atoms with Crippen LogP contribution in [0.5, 0.6) is 0 Å². The molecule has 3 rings (SSSR count). The van der Waals surface area contributed by atoms with Crippen LogP contribution in [0, 0.1) is 6.92 Å². The summed E-state index contributed by atoms with van der Waals surface area (Å²) in [6, 6.07) is 2.79. The minimum Gasteiger partial charge on any atom is -0.381 e. The highest BCUT2D eigenvalue weighted by Gasteiger charge is 2.33. The quantitative estimate of drug-likeness (QED) is 0.891. The van der Waals surface area contributed by atoms with Crippen LogP contribution in [0.15, 0.2) is 18.5 Å². The molecule has 0 spiro atoms. The van der Waals surface area contributed by atoms with Crippen LogP contribution in [-0.2, 0) is 17.3 Å². The number of rotatable bonds is 5. The van der Waals surface area contributed by atoms with Gasteiger partial charge in [-0.05, 0) is 19.4 Å². The van der Waals surface area contributed by atoms with Crippen molar-refractivity contribution in [3.05, 3.63) is 41.4 Å². The van der Waals surface area contributed by atoms with Gasteiger partial charge in [-0.15, -0.1) is 0 Å². The second-order valence-corrected chi connectivity index (χ2v) is 5.87. The smallest absolute Gasteiger partial charge is 0.381 e. The fourth-order valence-corrected chi connectivity index (χ4v) is 2.65. The van der Waals surface area contributed by atoms with Crippen LogP contribution in [0.25, 0.3) is 0 Å². The maximum atomic E-state index is 12.8. The Morgan fingerprint density at radius 3 is 2.80 bits per heavy atom. The lowest BCUT2D eigenvalue weighted by molar-refractivity contribution is -0.141. The Balaban J connectivity index is 1.61. The van der Waals surface area contributed by atoms with E-state index < -0.39 is 11.9 Å². The predicted octanol–water partition coefficient (Wildman–Crippen LogP) is 2.75. The highest BCUT2D eigenvalue weighted by Crippen LogP contribution is 2.28.